The third-order valence-electron chi connectivity index (χ3n) is 7.25. The zero-order chi connectivity index (χ0) is 27.9. The minimum absolute atomic E-state index is 0.0898. The smallest absolute Gasteiger partial charge is 0.287 e. The van der Waals surface area contributed by atoms with E-state index in [9.17, 15) is 33.9 Å². The molecule has 1 aromatic carbocycles. The lowest BCUT2D eigenvalue weighted by atomic mass is 9.87. The topological polar surface area (TPSA) is 160 Å². The van der Waals surface area contributed by atoms with E-state index in [-0.39, 0.29) is 25.5 Å². The Labute approximate surface area is 226 Å². The molecule has 3 rings (SSSR count). The molecule has 0 saturated carbocycles. The maximum Gasteiger partial charge on any atom is 0.287 e. The second-order valence-electron chi connectivity index (χ2n) is 10.7. The Morgan fingerprint density at radius 1 is 1.08 bits per heavy atom. The molecule has 0 aromatic heterocycles. The first-order chi connectivity index (χ1) is 18.0. The average Bonchev–Trinajstić information content (AvgIpc) is 3.36. The number of piperidine rings is 1. The van der Waals surface area contributed by atoms with E-state index in [0.717, 1.165) is 37.9 Å². The van der Waals surface area contributed by atoms with Crippen molar-refractivity contribution in [3.8, 4) is 0 Å². The van der Waals surface area contributed by atoms with E-state index in [0.29, 0.717) is 24.5 Å². The normalized spacial score (nSPS) is 20.7. The van der Waals surface area contributed by atoms with Crippen molar-refractivity contribution in [2.45, 2.75) is 63.2 Å². The number of ketones is 1. The van der Waals surface area contributed by atoms with Crippen molar-refractivity contribution in [1.82, 2.24) is 14.9 Å². The number of carbonyl (C=O) groups is 3. The molecule has 38 heavy (non-hydrogen) atoms. The monoisotopic (exact) mass is 552 g/mol. The van der Waals surface area contributed by atoms with Crippen LogP contribution in [0.3, 0.4) is 0 Å². The number of nitrogens with zero attached hydrogens (tertiary/aromatic N) is 2. The van der Waals surface area contributed by atoms with Crippen molar-refractivity contribution in [3.63, 3.8) is 0 Å². The summed E-state index contributed by atoms with van der Waals surface area (Å²) in [5, 5.41) is 34.3. The molecule has 2 amide bonds. The van der Waals surface area contributed by atoms with E-state index in [1.807, 2.05) is 33.5 Å². The van der Waals surface area contributed by atoms with Gasteiger partial charge in [-0.1, -0.05) is 13.8 Å². The molecule has 11 nitrogen and oxygen atoms in total. The van der Waals surface area contributed by atoms with Gasteiger partial charge in [0.05, 0.1) is 11.5 Å². The van der Waals surface area contributed by atoms with E-state index in [1.165, 1.54) is 13.8 Å². The molecular formula is C26H40N4O7S. The van der Waals surface area contributed by atoms with Gasteiger partial charge in [0.2, 0.25) is 11.7 Å². The Hall–Kier alpha value is -2.38. The van der Waals surface area contributed by atoms with Gasteiger partial charge in [-0.25, -0.2) is 8.51 Å². The predicted molar refractivity (Wildman–Crippen MR) is 142 cm³/mol. The number of anilines is 1. The van der Waals surface area contributed by atoms with Gasteiger partial charge < -0.3 is 30.9 Å². The van der Waals surface area contributed by atoms with Gasteiger partial charge in [-0.3, -0.25) is 14.4 Å². The fourth-order valence-electron chi connectivity index (χ4n) is 4.52. The van der Waals surface area contributed by atoms with Crippen LogP contribution >= 0.6 is 0 Å². The maximum absolute atomic E-state index is 13.0. The van der Waals surface area contributed by atoms with Crippen molar-refractivity contribution in [3.05, 3.63) is 24.3 Å². The summed E-state index contributed by atoms with van der Waals surface area (Å²) in [6, 6.07) is 7.46. The van der Waals surface area contributed by atoms with Gasteiger partial charge in [0.15, 0.2) is 0 Å². The highest BCUT2D eigenvalue weighted by Crippen LogP contribution is 2.27. The fourth-order valence-corrected chi connectivity index (χ4v) is 5.73. The second-order valence-corrected chi connectivity index (χ2v) is 12.1. The molecule has 0 bridgehead atoms. The summed E-state index contributed by atoms with van der Waals surface area (Å²) in [5.74, 6) is -1.92. The lowest BCUT2D eigenvalue weighted by Gasteiger charge is -2.31. The third-order valence-corrected chi connectivity index (χ3v) is 8.76. The van der Waals surface area contributed by atoms with Crippen molar-refractivity contribution >= 4 is 34.3 Å². The highest BCUT2D eigenvalue weighted by Gasteiger charge is 2.33. The largest absolute Gasteiger partial charge is 0.396 e. The molecule has 0 radical (unpaired) electrons. The van der Waals surface area contributed by atoms with Crippen molar-refractivity contribution in [2.75, 3.05) is 44.2 Å². The number of aliphatic hydroxyl groups excluding tert-OH is 3. The SMILES string of the molecule is CC(C)(CO)C(O)C(=O)NCCC(=O)C(=O)NCC1CCN(S(=O)c2ccc(N3CCCC3O)cc2)CC1. The molecule has 3 atom stereocenters. The summed E-state index contributed by atoms with van der Waals surface area (Å²) in [6.07, 6.45) is 1.07. The number of nitrogens with one attached hydrogen (secondary N) is 2. The third kappa shape index (κ3) is 7.82. The highest BCUT2D eigenvalue weighted by molar-refractivity contribution is 7.82. The first-order valence-electron chi connectivity index (χ1n) is 13.1. The lowest BCUT2D eigenvalue weighted by molar-refractivity contribution is -0.139. The number of rotatable bonds is 12. The van der Waals surface area contributed by atoms with Crippen LogP contribution in [0.25, 0.3) is 0 Å². The molecule has 2 aliphatic heterocycles. The molecule has 3 unspecified atom stereocenters. The molecule has 2 fully saturated rings. The molecule has 1 aromatic rings. The van der Waals surface area contributed by atoms with Gasteiger partial charge in [0.1, 0.15) is 23.3 Å². The van der Waals surface area contributed by atoms with Crippen LogP contribution in [0.4, 0.5) is 5.69 Å². The summed E-state index contributed by atoms with van der Waals surface area (Å²) in [6.45, 7) is 4.97. The molecule has 0 aliphatic carbocycles. The summed E-state index contributed by atoms with van der Waals surface area (Å²) in [7, 11) is -1.30. The summed E-state index contributed by atoms with van der Waals surface area (Å²) < 4.78 is 14.9. The number of amides is 2. The molecule has 2 saturated heterocycles. The Morgan fingerprint density at radius 2 is 1.74 bits per heavy atom. The van der Waals surface area contributed by atoms with Crippen LogP contribution in [-0.2, 0) is 25.4 Å². The number of benzene rings is 1. The maximum atomic E-state index is 13.0. The number of carbonyl (C=O) groups excluding carboxylic acids is 3. The van der Waals surface area contributed by atoms with E-state index >= 15 is 0 Å². The number of hydrogen-bond donors (Lipinski definition) is 5. The first kappa shape index (κ1) is 30.2. The lowest BCUT2D eigenvalue weighted by Crippen LogP contribution is -2.46. The minimum Gasteiger partial charge on any atom is -0.396 e. The van der Waals surface area contributed by atoms with Crippen molar-refractivity contribution in [2.24, 2.45) is 11.3 Å². The Bertz CT molecular complexity index is 996. The second kappa shape index (κ2) is 13.6. The van der Waals surface area contributed by atoms with Gasteiger partial charge in [0.25, 0.3) is 5.91 Å². The molecule has 212 valence electrons. The molecule has 2 heterocycles. The first-order valence-corrected chi connectivity index (χ1v) is 14.2. The van der Waals surface area contributed by atoms with Gasteiger partial charge in [-0.05, 0) is 55.9 Å². The fraction of sp³-hybridized carbons (Fsp3) is 0.654. The van der Waals surface area contributed by atoms with Gasteiger partial charge in [0, 0.05) is 50.2 Å². The Balaban J connectivity index is 1.35. The van der Waals surface area contributed by atoms with Crippen molar-refractivity contribution in [1.29, 1.82) is 0 Å². The van der Waals surface area contributed by atoms with Crippen LogP contribution in [0.2, 0.25) is 0 Å². The molecule has 0 spiro atoms. The Kier molecular flexibility index (Phi) is 10.8. The quantitative estimate of drug-likeness (QED) is 0.225. The van der Waals surface area contributed by atoms with Crippen LogP contribution in [-0.4, -0.2) is 93.1 Å². The van der Waals surface area contributed by atoms with Crippen molar-refractivity contribution < 1.29 is 33.9 Å². The summed E-state index contributed by atoms with van der Waals surface area (Å²) >= 11 is 0. The van der Waals surface area contributed by atoms with Gasteiger partial charge in [-0.2, -0.15) is 0 Å². The number of aliphatic hydroxyl groups is 3. The van der Waals surface area contributed by atoms with E-state index in [2.05, 4.69) is 10.6 Å². The molecule has 12 heteroatoms. The zero-order valence-corrected chi connectivity index (χ0v) is 22.9. The summed E-state index contributed by atoms with van der Waals surface area (Å²) in [5.41, 5.74) is -0.0961. The van der Waals surface area contributed by atoms with Gasteiger partial charge >= 0.3 is 0 Å². The Morgan fingerprint density at radius 3 is 2.32 bits per heavy atom. The molecule has 5 N–H and O–H groups in total. The zero-order valence-electron chi connectivity index (χ0n) is 22.1. The molecular weight excluding hydrogens is 512 g/mol. The number of hydrogen-bond acceptors (Lipinski definition) is 8. The van der Waals surface area contributed by atoms with E-state index < -0.39 is 46.3 Å². The molecule has 2 aliphatic rings. The van der Waals surface area contributed by atoms with Crippen LogP contribution < -0.4 is 15.5 Å². The van der Waals surface area contributed by atoms with Crippen LogP contribution in [0.15, 0.2) is 29.2 Å². The number of Topliss-reactive ketones (excluding diaryl/α,β-unsaturated/α-hetero) is 1. The van der Waals surface area contributed by atoms with Crippen LogP contribution in [0.5, 0.6) is 0 Å². The van der Waals surface area contributed by atoms with E-state index in [4.69, 9.17) is 0 Å². The van der Waals surface area contributed by atoms with E-state index in [1.54, 1.807) is 0 Å². The van der Waals surface area contributed by atoms with Gasteiger partial charge in [-0.15, -0.1) is 0 Å². The predicted octanol–water partition coefficient (Wildman–Crippen LogP) is -0.0892. The average molecular weight is 553 g/mol. The van der Waals surface area contributed by atoms with Crippen LogP contribution in [0, 0.1) is 11.3 Å². The minimum atomic E-state index is -1.43. The summed E-state index contributed by atoms with van der Waals surface area (Å²) in [4.78, 5) is 38.9. The van der Waals surface area contributed by atoms with Crippen LogP contribution in [0.1, 0.15) is 46.0 Å². The highest BCUT2D eigenvalue weighted by atomic mass is 32.2. The standard InChI is InChI=1S/C26H40N4O7S/c1-26(2,17-31)23(34)25(36)27-12-9-21(32)24(35)28-16-18-10-14-29(15-11-18)38(37)20-7-5-19(6-8-20)30-13-3-4-22(30)33/h5-8,18,22-23,31,33-34H,3-4,9-17H2,1-2H3,(H,27,36)(H,28,35).